The van der Waals surface area contributed by atoms with Gasteiger partial charge in [0, 0.05) is 21.8 Å². The van der Waals surface area contributed by atoms with Gasteiger partial charge in [-0.25, -0.2) is 0 Å². The summed E-state index contributed by atoms with van der Waals surface area (Å²) in [6, 6.07) is 10.2. The van der Waals surface area contributed by atoms with Gasteiger partial charge < -0.3 is 5.32 Å². The molecule has 0 unspecified atom stereocenters. The number of amides is 1. The fraction of sp³-hybridized carbons (Fsp3) is 0. The molecule has 0 heterocycles. The Morgan fingerprint density at radius 3 is 2.25 bits per heavy atom. The van der Waals surface area contributed by atoms with E-state index in [0.717, 1.165) is 0 Å². The lowest BCUT2D eigenvalue weighted by atomic mass is 10.1. The van der Waals surface area contributed by atoms with Crippen molar-refractivity contribution in [2.75, 3.05) is 5.32 Å². The Hall–Kier alpha value is -2.11. The maximum absolute atomic E-state index is 12.1. The molecule has 102 valence electrons. The number of anilines is 1. The third kappa shape index (κ3) is 3.26. The molecule has 0 fully saturated rings. The maximum atomic E-state index is 12.1. The molecule has 7 heteroatoms. The molecule has 20 heavy (non-hydrogen) atoms. The van der Waals surface area contributed by atoms with Crippen LogP contribution in [0.15, 0.2) is 42.5 Å². The number of nitrogens with one attached hydrogen (secondary N) is 1. The van der Waals surface area contributed by atoms with E-state index in [4.69, 9.17) is 23.2 Å². The van der Waals surface area contributed by atoms with Gasteiger partial charge >= 0.3 is 0 Å². The molecule has 1 amide bonds. The standard InChI is InChI=1S/C13H8Cl2N2O3/c14-8-1-4-10(5-2-8)16-13(18)11-7-9(15)3-6-12(11)17(19)20/h1-7H,(H,16,18). The summed E-state index contributed by atoms with van der Waals surface area (Å²) in [6.45, 7) is 0. The first-order valence-electron chi connectivity index (χ1n) is 5.48. The highest BCUT2D eigenvalue weighted by molar-refractivity contribution is 6.31. The van der Waals surface area contributed by atoms with Crippen LogP contribution in [0.4, 0.5) is 11.4 Å². The molecule has 2 rings (SSSR count). The van der Waals surface area contributed by atoms with Crippen molar-refractivity contribution in [3.63, 3.8) is 0 Å². The highest BCUT2D eigenvalue weighted by Crippen LogP contribution is 2.24. The molecule has 0 saturated heterocycles. The zero-order chi connectivity index (χ0) is 14.7. The van der Waals surface area contributed by atoms with E-state index >= 15 is 0 Å². The van der Waals surface area contributed by atoms with Gasteiger partial charge in [0.25, 0.3) is 11.6 Å². The first-order valence-corrected chi connectivity index (χ1v) is 6.24. The SMILES string of the molecule is O=C(Nc1ccc(Cl)cc1)c1cc(Cl)ccc1[N+](=O)[O-]. The molecule has 0 saturated carbocycles. The second kappa shape index (κ2) is 5.90. The van der Waals surface area contributed by atoms with Crippen molar-refractivity contribution >= 4 is 40.5 Å². The monoisotopic (exact) mass is 310 g/mol. The Labute approximate surface area is 124 Å². The highest BCUT2D eigenvalue weighted by atomic mass is 35.5. The number of nitrogens with zero attached hydrogens (tertiary/aromatic N) is 1. The first kappa shape index (κ1) is 14.3. The summed E-state index contributed by atoms with van der Waals surface area (Å²) in [6.07, 6.45) is 0. The predicted octanol–water partition coefficient (Wildman–Crippen LogP) is 4.15. The van der Waals surface area contributed by atoms with Crippen LogP contribution in [0.5, 0.6) is 0 Å². The van der Waals surface area contributed by atoms with Crippen LogP contribution in [0.1, 0.15) is 10.4 Å². The van der Waals surface area contributed by atoms with E-state index < -0.39 is 10.8 Å². The van der Waals surface area contributed by atoms with Crippen molar-refractivity contribution in [1.82, 2.24) is 0 Å². The lowest BCUT2D eigenvalue weighted by Crippen LogP contribution is -2.13. The average Bonchev–Trinajstić information content (AvgIpc) is 2.41. The fourth-order valence-electron chi connectivity index (χ4n) is 1.58. The van der Waals surface area contributed by atoms with Gasteiger partial charge in [-0.1, -0.05) is 23.2 Å². The third-order valence-electron chi connectivity index (χ3n) is 2.50. The minimum Gasteiger partial charge on any atom is -0.322 e. The summed E-state index contributed by atoms with van der Waals surface area (Å²) >= 11 is 11.5. The van der Waals surface area contributed by atoms with Gasteiger partial charge in [0.15, 0.2) is 0 Å². The number of carbonyl (C=O) groups excluding carboxylic acids is 1. The van der Waals surface area contributed by atoms with Crippen LogP contribution in [0.25, 0.3) is 0 Å². The molecule has 2 aromatic rings. The molecule has 1 N–H and O–H groups in total. The van der Waals surface area contributed by atoms with E-state index in [0.29, 0.717) is 10.7 Å². The van der Waals surface area contributed by atoms with E-state index in [1.54, 1.807) is 24.3 Å². The van der Waals surface area contributed by atoms with Crippen molar-refractivity contribution in [2.45, 2.75) is 0 Å². The molecule has 0 aliphatic carbocycles. The highest BCUT2D eigenvalue weighted by Gasteiger charge is 2.20. The Kier molecular flexibility index (Phi) is 4.22. The number of nitro benzene ring substituents is 1. The summed E-state index contributed by atoms with van der Waals surface area (Å²) in [4.78, 5) is 22.3. The summed E-state index contributed by atoms with van der Waals surface area (Å²) in [7, 11) is 0. The van der Waals surface area contributed by atoms with Gasteiger partial charge in [-0.15, -0.1) is 0 Å². The number of hydrogen-bond acceptors (Lipinski definition) is 3. The van der Waals surface area contributed by atoms with Crippen LogP contribution in [0, 0.1) is 10.1 Å². The molecule has 0 aliphatic rings. The summed E-state index contributed by atoms with van der Waals surface area (Å²) in [5.41, 5.74) is 0.0759. The Morgan fingerprint density at radius 1 is 1.05 bits per heavy atom. The molecule has 0 atom stereocenters. The van der Waals surface area contributed by atoms with E-state index in [1.807, 2.05) is 0 Å². The molecule has 0 spiro atoms. The van der Waals surface area contributed by atoms with E-state index in [1.165, 1.54) is 18.2 Å². The maximum Gasteiger partial charge on any atom is 0.282 e. The second-order valence-corrected chi connectivity index (χ2v) is 4.75. The number of nitro groups is 1. The summed E-state index contributed by atoms with van der Waals surface area (Å²) in [5.74, 6) is -0.610. The van der Waals surface area contributed by atoms with Crippen LogP contribution in [0.3, 0.4) is 0 Å². The lowest BCUT2D eigenvalue weighted by Gasteiger charge is -2.06. The van der Waals surface area contributed by atoms with Crippen LogP contribution in [0.2, 0.25) is 10.0 Å². The van der Waals surface area contributed by atoms with Crippen molar-refractivity contribution < 1.29 is 9.72 Å². The molecular formula is C13H8Cl2N2O3. The molecule has 0 radical (unpaired) electrons. The minimum atomic E-state index is -0.632. The predicted molar refractivity (Wildman–Crippen MR) is 77.5 cm³/mol. The Bertz CT molecular complexity index is 672. The van der Waals surface area contributed by atoms with Gasteiger partial charge in [0.05, 0.1) is 4.92 Å². The minimum absolute atomic E-state index is 0.0996. The smallest absolute Gasteiger partial charge is 0.282 e. The van der Waals surface area contributed by atoms with Crippen molar-refractivity contribution in [2.24, 2.45) is 0 Å². The number of hydrogen-bond donors (Lipinski definition) is 1. The van der Waals surface area contributed by atoms with Crippen LogP contribution in [-0.2, 0) is 0 Å². The first-order chi connectivity index (χ1) is 9.47. The van der Waals surface area contributed by atoms with Gasteiger partial charge in [-0.3, -0.25) is 14.9 Å². The topological polar surface area (TPSA) is 72.2 Å². The van der Waals surface area contributed by atoms with Crippen molar-refractivity contribution in [3.8, 4) is 0 Å². The molecule has 2 aromatic carbocycles. The van der Waals surface area contributed by atoms with Crippen molar-refractivity contribution in [1.29, 1.82) is 0 Å². The number of halogens is 2. The molecular weight excluding hydrogens is 303 g/mol. The molecule has 0 bridgehead atoms. The van der Waals surface area contributed by atoms with Crippen LogP contribution < -0.4 is 5.32 Å². The normalized spacial score (nSPS) is 10.1. The third-order valence-corrected chi connectivity index (χ3v) is 2.99. The van der Waals surface area contributed by atoms with Gasteiger partial charge in [0.1, 0.15) is 5.56 Å². The quantitative estimate of drug-likeness (QED) is 0.683. The molecule has 5 nitrogen and oxygen atoms in total. The van der Waals surface area contributed by atoms with Gasteiger partial charge in [0.2, 0.25) is 0 Å². The number of carbonyl (C=O) groups is 1. The van der Waals surface area contributed by atoms with Gasteiger partial charge in [-0.05, 0) is 36.4 Å². The van der Waals surface area contributed by atoms with Crippen LogP contribution in [-0.4, -0.2) is 10.8 Å². The number of benzene rings is 2. The number of rotatable bonds is 3. The fourth-order valence-corrected chi connectivity index (χ4v) is 1.88. The Balaban J connectivity index is 2.31. The summed E-state index contributed by atoms with van der Waals surface area (Å²) < 4.78 is 0. The zero-order valence-corrected chi connectivity index (χ0v) is 11.5. The second-order valence-electron chi connectivity index (χ2n) is 3.88. The molecule has 0 aromatic heterocycles. The van der Waals surface area contributed by atoms with E-state index in [2.05, 4.69) is 5.32 Å². The van der Waals surface area contributed by atoms with E-state index in [-0.39, 0.29) is 16.3 Å². The van der Waals surface area contributed by atoms with Crippen molar-refractivity contribution in [3.05, 3.63) is 68.2 Å². The Morgan fingerprint density at radius 2 is 1.65 bits per heavy atom. The average molecular weight is 311 g/mol. The lowest BCUT2D eigenvalue weighted by molar-refractivity contribution is -0.385. The van der Waals surface area contributed by atoms with Crippen LogP contribution >= 0.6 is 23.2 Å². The van der Waals surface area contributed by atoms with E-state index in [9.17, 15) is 14.9 Å². The zero-order valence-electron chi connectivity index (χ0n) is 9.97. The summed E-state index contributed by atoms with van der Waals surface area (Å²) in [5, 5.41) is 14.2. The largest absolute Gasteiger partial charge is 0.322 e. The van der Waals surface area contributed by atoms with Gasteiger partial charge in [-0.2, -0.15) is 0 Å². The molecule has 0 aliphatic heterocycles.